The first kappa shape index (κ1) is 20.7. The third-order valence-corrected chi connectivity index (χ3v) is 3.28. The molecule has 1 rings (SSSR count). The number of hydrogen-bond donors (Lipinski definition) is 1. The van der Waals surface area contributed by atoms with Gasteiger partial charge in [-0.1, -0.05) is 31.9 Å². The third-order valence-electron chi connectivity index (χ3n) is 3.28. The maximum Gasteiger partial charge on any atom is 0.236 e. The summed E-state index contributed by atoms with van der Waals surface area (Å²) in [7, 11) is 3.53. The molecule has 0 aliphatic rings. The summed E-state index contributed by atoms with van der Waals surface area (Å²) >= 11 is 0. The fraction of sp³-hybridized carbons (Fsp3) is 0.588. The highest BCUT2D eigenvalue weighted by atomic mass is 35.5. The Balaban J connectivity index is 0.00000441. The number of rotatable bonds is 10. The average Bonchev–Trinajstić information content (AvgIpc) is 2.48. The molecule has 0 spiro atoms. The van der Waals surface area contributed by atoms with Crippen molar-refractivity contribution >= 4 is 18.3 Å². The molecule has 0 atom stereocenters. The molecule has 0 saturated heterocycles. The zero-order chi connectivity index (χ0) is 15.5. The highest BCUT2D eigenvalue weighted by Crippen LogP contribution is 2.14. The van der Waals surface area contributed by atoms with E-state index in [-0.39, 0.29) is 18.3 Å². The molecule has 1 aromatic carbocycles. The van der Waals surface area contributed by atoms with E-state index in [2.05, 4.69) is 24.4 Å². The zero-order valence-corrected chi connectivity index (χ0v) is 14.7. The number of hydrogen-bond acceptors (Lipinski definition) is 3. The van der Waals surface area contributed by atoms with Gasteiger partial charge in [-0.15, -0.1) is 12.4 Å². The second-order valence-electron chi connectivity index (χ2n) is 5.42. The van der Waals surface area contributed by atoms with E-state index in [0.29, 0.717) is 6.54 Å². The van der Waals surface area contributed by atoms with E-state index < -0.39 is 0 Å². The predicted molar refractivity (Wildman–Crippen MR) is 94.0 cm³/mol. The van der Waals surface area contributed by atoms with Crippen LogP contribution in [0.1, 0.15) is 31.7 Å². The van der Waals surface area contributed by atoms with Crippen LogP contribution in [0.2, 0.25) is 0 Å². The number of carbonyl (C=O) groups excluding carboxylic acids is 1. The van der Waals surface area contributed by atoms with Gasteiger partial charge in [0.2, 0.25) is 5.91 Å². The van der Waals surface area contributed by atoms with Crippen LogP contribution in [0.4, 0.5) is 0 Å². The Morgan fingerprint density at radius 2 is 2.05 bits per heavy atom. The highest BCUT2D eigenvalue weighted by molar-refractivity contribution is 5.85. The number of halogens is 1. The predicted octanol–water partition coefficient (Wildman–Crippen LogP) is 2.90. The molecular formula is C17H29ClN2O2. The molecule has 0 aliphatic carbocycles. The van der Waals surface area contributed by atoms with Crippen molar-refractivity contribution in [1.29, 1.82) is 0 Å². The molecule has 5 heteroatoms. The van der Waals surface area contributed by atoms with E-state index >= 15 is 0 Å². The molecule has 0 radical (unpaired) electrons. The first-order valence-electron chi connectivity index (χ1n) is 7.76. The minimum Gasteiger partial charge on any atom is -0.494 e. The van der Waals surface area contributed by atoms with Gasteiger partial charge in [-0.25, -0.2) is 0 Å². The Kier molecular flexibility index (Phi) is 11.6. The van der Waals surface area contributed by atoms with Gasteiger partial charge in [0, 0.05) is 14.1 Å². The summed E-state index contributed by atoms with van der Waals surface area (Å²) in [6.45, 7) is 4.15. The largest absolute Gasteiger partial charge is 0.494 e. The van der Waals surface area contributed by atoms with E-state index in [4.69, 9.17) is 4.74 Å². The van der Waals surface area contributed by atoms with E-state index in [0.717, 1.165) is 31.7 Å². The monoisotopic (exact) mass is 328 g/mol. The van der Waals surface area contributed by atoms with E-state index in [1.54, 1.807) is 19.0 Å². The van der Waals surface area contributed by atoms with Gasteiger partial charge in [0.25, 0.3) is 0 Å². The fourth-order valence-electron chi connectivity index (χ4n) is 1.92. The Bertz CT molecular complexity index is 425. The highest BCUT2D eigenvalue weighted by Gasteiger charge is 2.02. The Morgan fingerprint density at radius 3 is 2.73 bits per heavy atom. The molecule has 0 aromatic heterocycles. The van der Waals surface area contributed by atoms with Crippen molar-refractivity contribution in [3.05, 3.63) is 29.8 Å². The first-order chi connectivity index (χ1) is 10.1. The summed E-state index contributed by atoms with van der Waals surface area (Å²) in [4.78, 5) is 13.0. The second-order valence-corrected chi connectivity index (χ2v) is 5.42. The maximum absolute atomic E-state index is 11.4. The van der Waals surface area contributed by atoms with Crippen molar-refractivity contribution in [2.75, 3.05) is 33.8 Å². The van der Waals surface area contributed by atoms with Gasteiger partial charge in [-0.3, -0.25) is 4.79 Å². The van der Waals surface area contributed by atoms with E-state index in [1.165, 1.54) is 18.4 Å². The molecular weight excluding hydrogens is 300 g/mol. The third kappa shape index (κ3) is 8.90. The van der Waals surface area contributed by atoms with Crippen LogP contribution in [-0.4, -0.2) is 44.6 Å². The van der Waals surface area contributed by atoms with E-state index in [9.17, 15) is 4.79 Å². The topological polar surface area (TPSA) is 41.6 Å². The SMILES string of the molecule is CCCCCOc1cccc(CCNCC(=O)N(C)C)c1.Cl. The van der Waals surface area contributed by atoms with Gasteiger partial charge in [-0.2, -0.15) is 0 Å². The number of carbonyl (C=O) groups is 1. The molecule has 0 fully saturated rings. The minimum absolute atomic E-state index is 0. The number of ether oxygens (including phenoxy) is 1. The fourth-order valence-corrected chi connectivity index (χ4v) is 1.92. The Labute approximate surface area is 140 Å². The van der Waals surface area contributed by atoms with Crippen molar-refractivity contribution < 1.29 is 9.53 Å². The van der Waals surface area contributed by atoms with Crippen LogP contribution >= 0.6 is 12.4 Å². The van der Waals surface area contributed by atoms with Crippen LogP contribution in [0.5, 0.6) is 5.75 Å². The number of amides is 1. The van der Waals surface area contributed by atoms with Crippen LogP contribution in [0.15, 0.2) is 24.3 Å². The van der Waals surface area contributed by atoms with Crippen molar-refractivity contribution in [1.82, 2.24) is 10.2 Å². The molecule has 0 saturated carbocycles. The molecule has 0 bridgehead atoms. The lowest BCUT2D eigenvalue weighted by Gasteiger charge is -2.11. The van der Waals surface area contributed by atoms with Gasteiger partial charge in [-0.05, 0) is 37.1 Å². The lowest BCUT2D eigenvalue weighted by molar-refractivity contribution is -0.127. The van der Waals surface area contributed by atoms with Crippen molar-refractivity contribution in [2.45, 2.75) is 32.6 Å². The first-order valence-corrected chi connectivity index (χ1v) is 7.76. The summed E-state index contributed by atoms with van der Waals surface area (Å²) in [5.41, 5.74) is 1.23. The average molecular weight is 329 g/mol. The molecule has 1 amide bonds. The van der Waals surface area contributed by atoms with Crippen LogP contribution in [-0.2, 0) is 11.2 Å². The summed E-state index contributed by atoms with van der Waals surface area (Å²) in [5, 5.41) is 3.16. The molecule has 126 valence electrons. The van der Waals surface area contributed by atoms with Crippen molar-refractivity contribution in [3.8, 4) is 5.75 Å². The number of benzene rings is 1. The van der Waals surface area contributed by atoms with Crippen LogP contribution < -0.4 is 10.1 Å². The Hall–Kier alpha value is -1.26. The van der Waals surface area contributed by atoms with E-state index in [1.807, 2.05) is 12.1 Å². The summed E-state index contributed by atoms with van der Waals surface area (Å²) in [6, 6.07) is 8.20. The molecule has 0 heterocycles. The number of likely N-dealkylation sites (N-methyl/N-ethyl adjacent to an activating group) is 1. The van der Waals surface area contributed by atoms with Crippen LogP contribution in [0, 0.1) is 0 Å². The smallest absolute Gasteiger partial charge is 0.236 e. The summed E-state index contributed by atoms with van der Waals surface area (Å²) in [5.74, 6) is 1.04. The van der Waals surface area contributed by atoms with Gasteiger partial charge in [0.15, 0.2) is 0 Å². The Morgan fingerprint density at radius 1 is 1.27 bits per heavy atom. The quantitative estimate of drug-likeness (QED) is 0.671. The summed E-state index contributed by atoms with van der Waals surface area (Å²) in [6.07, 6.45) is 4.42. The lowest BCUT2D eigenvalue weighted by Crippen LogP contribution is -2.33. The number of nitrogens with one attached hydrogen (secondary N) is 1. The molecule has 0 aliphatic heterocycles. The standard InChI is InChI=1S/C17H28N2O2.ClH/c1-4-5-6-12-21-16-9-7-8-15(13-16)10-11-18-14-17(20)19(2)3;/h7-9,13,18H,4-6,10-12,14H2,1-3H3;1H. The number of nitrogens with zero attached hydrogens (tertiary/aromatic N) is 1. The van der Waals surface area contributed by atoms with Gasteiger partial charge in [0.05, 0.1) is 13.2 Å². The molecule has 1 N–H and O–H groups in total. The van der Waals surface area contributed by atoms with Crippen LogP contribution in [0.25, 0.3) is 0 Å². The minimum atomic E-state index is 0. The van der Waals surface area contributed by atoms with Gasteiger partial charge in [0.1, 0.15) is 5.75 Å². The number of unbranched alkanes of at least 4 members (excludes halogenated alkanes) is 2. The molecule has 0 unspecified atom stereocenters. The molecule has 1 aromatic rings. The van der Waals surface area contributed by atoms with Crippen LogP contribution in [0.3, 0.4) is 0 Å². The maximum atomic E-state index is 11.4. The summed E-state index contributed by atoms with van der Waals surface area (Å²) < 4.78 is 5.74. The zero-order valence-electron chi connectivity index (χ0n) is 13.9. The molecule has 22 heavy (non-hydrogen) atoms. The van der Waals surface area contributed by atoms with Gasteiger partial charge < -0.3 is 15.0 Å². The van der Waals surface area contributed by atoms with Crippen molar-refractivity contribution in [3.63, 3.8) is 0 Å². The van der Waals surface area contributed by atoms with Crippen molar-refractivity contribution in [2.24, 2.45) is 0 Å². The molecule has 4 nitrogen and oxygen atoms in total. The second kappa shape index (κ2) is 12.3. The lowest BCUT2D eigenvalue weighted by atomic mass is 10.1. The normalized spacial score (nSPS) is 9.95. The van der Waals surface area contributed by atoms with Gasteiger partial charge >= 0.3 is 0 Å².